The minimum Gasteiger partial charge on any atom is -0.322 e. The predicted molar refractivity (Wildman–Crippen MR) is 123 cm³/mol. The van der Waals surface area contributed by atoms with Gasteiger partial charge in [0.05, 0.1) is 5.75 Å². The summed E-state index contributed by atoms with van der Waals surface area (Å²) in [4.78, 5) is 28.1. The average Bonchev–Trinajstić information content (AvgIpc) is 2.78. The highest BCUT2D eigenvalue weighted by Crippen LogP contribution is 2.28. The van der Waals surface area contributed by atoms with Crippen molar-refractivity contribution in [2.24, 2.45) is 0 Å². The van der Waals surface area contributed by atoms with Crippen LogP contribution in [0.1, 0.15) is 27.9 Å². The van der Waals surface area contributed by atoms with Crippen molar-refractivity contribution in [2.45, 2.75) is 24.7 Å². The second kappa shape index (κ2) is 9.18. The average molecular weight is 417 g/mol. The molecule has 30 heavy (non-hydrogen) atoms. The van der Waals surface area contributed by atoms with Crippen molar-refractivity contribution in [3.63, 3.8) is 0 Å². The van der Waals surface area contributed by atoms with E-state index in [-0.39, 0.29) is 11.8 Å². The maximum atomic E-state index is 12.8. The lowest BCUT2D eigenvalue weighted by Crippen LogP contribution is -2.36. The van der Waals surface area contributed by atoms with E-state index >= 15 is 0 Å². The van der Waals surface area contributed by atoms with E-state index in [0.717, 1.165) is 41.2 Å². The number of fused-ring (bicyclic) bond motifs is 1. The zero-order valence-corrected chi connectivity index (χ0v) is 17.7. The zero-order valence-electron chi connectivity index (χ0n) is 16.9. The van der Waals surface area contributed by atoms with Crippen LogP contribution in [0.4, 0.5) is 11.4 Å². The molecule has 0 fully saturated rings. The third-order valence-electron chi connectivity index (χ3n) is 5.28. The van der Waals surface area contributed by atoms with Crippen LogP contribution in [0, 0.1) is 6.92 Å². The maximum Gasteiger partial charge on any atom is 0.255 e. The van der Waals surface area contributed by atoms with Crippen LogP contribution in [0.3, 0.4) is 0 Å². The fourth-order valence-electron chi connectivity index (χ4n) is 3.68. The second-order valence-electron chi connectivity index (χ2n) is 7.36. The monoisotopic (exact) mass is 416 g/mol. The Kier molecular flexibility index (Phi) is 6.19. The Morgan fingerprint density at radius 3 is 2.50 bits per heavy atom. The highest BCUT2D eigenvalue weighted by Gasteiger charge is 2.21. The van der Waals surface area contributed by atoms with Gasteiger partial charge in [0.25, 0.3) is 5.91 Å². The topological polar surface area (TPSA) is 49.4 Å². The van der Waals surface area contributed by atoms with Gasteiger partial charge in [0.15, 0.2) is 0 Å². The molecule has 1 N–H and O–H groups in total. The lowest BCUT2D eigenvalue weighted by Gasteiger charge is -2.29. The molecule has 1 heterocycles. The Bertz CT molecular complexity index is 1060. The normalized spacial score (nSPS) is 12.9. The summed E-state index contributed by atoms with van der Waals surface area (Å²) in [5.74, 6) is 0.403. The van der Waals surface area contributed by atoms with Crippen molar-refractivity contribution in [3.05, 3.63) is 89.5 Å². The van der Waals surface area contributed by atoms with E-state index in [9.17, 15) is 9.59 Å². The van der Waals surface area contributed by atoms with Gasteiger partial charge in [-0.3, -0.25) is 9.59 Å². The molecule has 0 radical (unpaired) electrons. The fourth-order valence-corrected chi connectivity index (χ4v) is 4.45. The van der Waals surface area contributed by atoms with Gasteiger partial charge in [-0.2, -0.15) is 0 Å². The van der Waals surface area contributed by atoms with E-state index in [0.29, 0.717) is 11.3 Å². The Labute approximate surface area is 181 Å². The molecule has 152 valence electrons. The fraction of sp³-hybridized carbons (Fsp3) is 0.200. The Morgan fingerprint density at radius 1 is 0.967 bits per heavy atom. The first-order valence-corrected chi connectivity index (χ1v) is 11.1. The van der Waals surface area contributed by atoms with Crippen LogP contribution in [-0.4, -0.2) is 24.1 Å². The molecule has 1 aliphatic heterocycles. The molecule has 3 aromatic rings. The minimum atomic E-state index is -0.118. The van der Waals surface area contributed by atoms with Crippen LogP contribution in [0.15, 0.2) is 77.7 Å². The SMILES string of the molecule is Cc1ccccc1C(=O)Nc1ccc(SCC(=O)N2CCCc3ccccc32)cc1. The zero-order chi connectivity index (χ0) is 20.9. The first-order valence-electron chi connectivity index (χ1n) is 10.1. The third kappa shape index (κ3) is 4.57. The van der Waals surface area contributed by atoms with Crippen LogP contribution in [0.5, 0.6) is 0 Å². The highest BCUT2D eigenvalue weighted by molar-refractivity contribution is 8.00. The van der Waals surface area contributed by atoms with Crippen molar-refractivity contribution in [2.75, 3.05) is 22.5 Å². The van der Waals surface area contributed by atoms with E-state index in [1.165, 1.54) is 17.3 Å². The van der Waals surface area contributed by atoms with E-state index in [1.54, 1.807) is 0 Å². The molecule has 3 aromatic carbocycles. The van der Waals surface area contributed by atoms with Gasteiger partial charge in [-0.25, -0.2) is 0 Å². The van der Waals surface area contributed by atoms with E-state index in [1.807, 2.05) is 78.6 Å². The molecule has 0 unspecified atom stereocenters. The van der Waals surface area contributed by atoms with E-state index < -0.39 is 0 Å². The Hall–Kier alpha value is -3.05. The van der Waals surface area contributed by atoms with Crippen LogP contribution < -0.4 is 10.2 Å². The summed E-state index contributed by atoms with van der Waals surface area (Å²) >= 11 is 1.52. The molecule has 0 saturated carbocycles. The molecule has 0 saturated heterocycles. The first kappa shape index (κ1) is 20.2. The minimum absolute atomic E-state index is 0.118. The summed E-state index contributed by atoms with van der Waals surface area (Å²) in [5.41, 5.74) is 4.65. The quantitative estimate of drug-likeness (QED) is 0.573. The number of carbonyl (C=O) groups excluding carboxylic acids is 2. The van der Waals surface area contributed by atoms with Crippen molar-refractivity contribution >= 4 is 35.0 Å². The second-order valence-corrected chi connectivity index (χ2v) is 8.41. The van der Waals surface area contributed by atoms with Gasteiger partial charge in [-0.15, -0.1) is 11.8 Å². The molecule has 4 rings (SSSR count). The number of para-hydroxylation sites is 1. The summed E-state index contributed by atoms with van der Waals surface area (Å²) < 4.78 is 0. The van der Waals surface area contributed by atoms with Crippen molar-refractivity contribution in [1.29, 1.82) is 0 Å². The number of hydrogen-bond acceptors (Lipinski definition) is 3. The van der Waals surface area contributed by atoms with Gasteiger partial charge < -0.3 is 10.2 Å². The maximum absolute atomic E-state index is 12.8. The van der Waals surface area contributed by atoms with Crippen LogP contribution in [0.25, 0.3) is 0 Å². The number of nitrogens with one attached hydrogen (secondary N) is 1. The van der Waals surface area contributed by atoms with Gasteiger partial charge in [0.2, 0.25) is 5.91 Å². The Morgan fingerprint density at radius 2 is 1.70 bits per heavy atom. The molecule has 4 nitrogen and oxygen atoms in total. The highest BCUT2D eigenvalue weighted by atomic mass is 32.2. The van der Waals surface area contributed by atoms with Crippen molar-refractivity contribution < 1.29 is 9.59 Å². The summed E-state index contributed by atoms with van der Waals surface area (Å²) in [6.45, 7) is 2.70. The predicted octanol–water partition coefficient (Wildman–Crippen LogP) is 5.32. The number of nitrogens with zero attached hydrogens (tertiary/aromatic N) is 1. The number of hydrogen-bond donors (Lipinski definition) is 1. The summed E-state index contributed by atoms with van der Waals surface area (Å²) in [6.07, 6.45) is 2.03. The molecular formula is C25H24N2O2S. The molecule has 2 amide bonds. The summed E-state index contributed by atoms with van der Waals surface area (Å²) in [5, 5.41) is 2.93. The first-order chi connectivity index (χ1) is 14.6. The van der Waals surface area contributed by atoms with Gasteiger partial charge in [0.1, 0.15) is 0 Å². The molecule has 0 bridgehead atoms. The molecule has 0 atom stereocenters. The molecule has 5 heteroatoms. The summed E-state index contributed by atoms with van der Waals surface area (Å²) in [6, 6.07) is 23.3. The number of carbonyl (C=O) groups is 2. The number of aryl methyl sites for hydroxylation is 2. The Balaban J connectivity index is 1.35. The number of rotatable bonds is 5. The van der Waals surface area contributed by atoms with Crippen LogP contribution >= 0.6 is 11.8 Å². The smallest absolute Gasteiger partial charge is 0.255 e. The standard InChI is InChI=1S/C25H24N2O2S/c1-18-7-2-4-10-22(18)25(29)26-20-12-14-21(15-13-20)30-17-24(28)27-16-6-9-19-8-3-5-11-23(19)27/h2-5,7-8,10-15H,6,9,16-17H2,1H3,(H,26,29). The molecule has 0 spiro atoms. The number of amides is 2. The van der Waals surface area contributed by atoms with Crippen LogP contribution in [0.2, 0.25) is 0 Å². The number of anilines is 2. The van der Waals surface area contributed by atoms with Gasteiger partial charge in [-0.05, 0) is 67.3 Å². The lowest BCUT2D eigenvalue weighted by molar-refractivity contribution is -0.116. The molecular weight excluding hydrogens is 392 g/mol. The van der Waals surface area contributed by atoms with Crippen LogP contribution in [-0.2, 0) is 11.2 Å². The van der Waals surface area contributed by atoms with E-state index in [4.69, 9.17) is 0 Å². The van der Waals surface area contributed by atoms with Crippen molar-refractivity contribution in [1.82, 2.24) is 0 Å². The number of benzene rings is 3. The lowest BCUT2D eigenvalue weighted by atomic mass is 10.0. The van der Waals surface area contributed by atoms with Crippen molar-refractivity contribution in [3.8, 4) is 0 Å². The molecule has 0 aromatic heterocycles. The van der Waals surface area contributed by atoms with Gasteiger partial charge in [-0.1, -0.05) is 36.4 Å². The van der Waals surface area contributed by atoms with Gasteiger partial charge >= 0.3 is 0 Å². The molecule has 1 aliphatic rings. The third-order valence-corrected chi connectivity index (χ3v) is 6.27. The van der Waals surface area contributed by atoms with Gasteiger partial charge in [0, 0.05) is 28.4 Å². The molecule has 0 aliphatic carbocycles. The number of thioether (sulfide) groups is 1. The largest absolute Gasteiger partial charge is 0.322 e. The van der Waals surface area contributed by atoms with E-state index in [2.05, 4.69) is 11.4 Å². The summed E-state index contributed by atoms with van der Waals surface area (Å²) in [7, 11) is 0.